The summed E-state index contributed by atoms with van der Waals surface area (Å²) in [5.74, 6) is 0.160. The molecule has 0 aliphatic rings. The van der Waals surface area contributed by atoms with Crippen molar-refractivity contribution >= 4 is 35.0 Å². The maximum Gasteiger partial charge on any atom is 0.261 e. The summed E-state index contributed by atoms with van der Waals surface area (Å²) in [4.78, 5) is 27.4. The highest BCUT2D eigenvalue weighted by Gasteiger charge is 2.27. The van der Waals surface area contributed by atoms with E-state index < -0.39 is 6.04 Å². The highest BCUT2D eigenvalue weighted by Crippen LogP contribution is 2.25. The van der Waals surface area contributed by atoms with E-state index in [2.05, 4.69) is 18.3 Å². The summed E-state index contributed by atoms with van der Waals surface area (Å²) < 4.78 is 5.88. The largest absolute Gasteiger partial charge is 0.483 e. The molecule has 0 spiro atoms. The highest BCUT2D eigenvalue weighted by molar-refractivity contribution is 6.35. The predicted octanol–water partition coefficient (Wildman–Crippen LogP) is 5.63. The smallest absolute Gasteiger partial charge is 0.261 e. The highest BCUT2D eigenvalue weighted by atomic mass is 35.5. The minimum absolute atomic E-state index is 0.173. The number of hydrogen-bond donors (Lipinski definition) is 1. The van der Waals surface area contributed by atoms with Gasteiger partial charge in [0, 0.05) is 23.1 Å². The van der Waals surface area contributed by atoms with Gasteiger partial charge >= 0.3 is 0 Å². The Morgan fingerprint density at radius 3 is 2.50 bits per heavy atom. The first-order valence-corrected chi connectivity index (χ1v) is 11.6. The normalized spacial score (nSPS) is 11.7. The molecular formula is C25H32Cl2N2O3. The summed E-state index contributed by atoms with van der Waals surface area (Å²) in [6.45, 7) is 10.3. The quantitative estimate of drug-likeness (QED) is 0.450. The monoisotopic (exact) mass is 478 g/mol. The number of rotatable bonds is 10. The number of amides is 2. The molecule has 1 atom stereocenters. The van der Waals surface area contributed by atoms with E-state index in [9.17, 15) is 9.59 Å². The molecule has 7 heteroatoms. The van der Waals surface area contributed by atoms with Gasteiger partial charge in [-0.3, -0.25) is 9.59 Å². The van der Waals surface area contributed by atoms with Gasteiger partial charge in [0.2, 0.25) is 5.91 Å². The number of benzene rings is 2. The van der Waals surface area contributed by atoms with E-state index in [1.165, 1.54) is 4.90 Å². The summed E-state index contributed by atoms with van der Waals surface area (Å²) in [5, 5.41) is 3.85. The van der Waals surface area contributed by atoms with Crippen LogP contribution in [0.1, 0.15) is 48.9 Å². The lowest BCUT2D eigenvalue weighted by Gasteiger charge is -2.29. The van der Waals surface area contributed by atoms with Crippen molar-refractivity contribution in [3.05, 3.63) is 62.6 Å². The van der Waals surface area contributed by atoms with Crippen LogP contribution in [0.3, 0.4) is 0 Å². The molecule has 0 saturated carbocycles. The zero-order chi connectivity index (χ0) is 23.8. The van der Waals surface area contributed by atoms with Crippen molar-refractivity contribution in [1.29, 1.82) is 0 Å². The van der Waals surface area contributed by atoms with Crippen LogP contribution >= 0.6 is 23.2 Å². The van der Waals surface area contributed by atoms with E-state index in [1.54, 1.807) is 25.1 Å². The average molecular weight is 479 g/mol. The third-order valence-electron chi connectivity index (χ3n) is 5.47. The van der Waals surface area contributed by atoms with Gasteiger partial charge < -0.3 is 15.0 Å². The lowest BCUT2D eigenvalue weighted by Crippen LogP contribution is -2.49. The molecule has 174 valence electrons. The molecule has 5 nitrogen and oxygen atoms in total. The predicted molar refractivity (Wildman–Crippen MR) is 131 cm³/mol. The summed E-state index contributed by atoms with van der Waals surface area (Å²) in [6.07, 6.45) is 1.85. The van der Waals surface area contributed by atoms with Crippen LogP contribution in [0.4, 0.5) is 0 Å². The number of hydrogen-bond acceptors (Lipinski definition) is 3. The Kier molecular flexibility index (Phi) is 9.85. The molecule has 0 radical (unpaired) electrons. The van der Waals surface area contributed by atoms with Crippen LogP contribution in [0, 0.1) is 20.8 Å². The molecule has 32 heavy (non-hydrogen) atoms. The number of aryl methyl sites for hydroxylation is 2. The second kappa shape index (κ2) is 12.1. The van der Waals surface area contributed by atoms with Gasteiger partial charge in [0.05, 0.1) is 0 Å². The molecule has 2 aromatic carbocycles. The Labute approximate surface area is 201 Å². The third-order valence-corrected chi connectivity index (χ3v) is 6.05. The lowest BCUT2D eigenvalue weighted by molar-refractivity contribution is -0.142. The minimum Gasteiger partial charge on any atom is -0.483 e. The van der Waals surface area contributed by atoms with E-state index in [0.717, 1.165) is 29.5 Å². The fraction of sp³-hybridized carbons (Fsp3) is 0.440. The standard InChI is InChI=1S/C25H32Cl2N2O3/c1-6-7-10-28-25(31)19(5)29(14-20-8-9-21(26)13-22(20)27)24(30)15-32-23-12-16(2)11-17(3)18(23)4/h8-9,11-13,19H,6-7,10,14-15H2,1-5H3,(H,28,31)/t19-/m1/s1. The van der Waals surface area contributed by atoms with Crippen molar-refractivity contribution in [3.8, 4) is 5.75 Å². The fourth-order valence-corrected chi connectivity index (χ4v) is 3.79. The van der Waals surface area contributed by atoms with E-state index >= 15 is 0 Å². The summed E-state index contributed by atoms with van der Waals surface area (Å²) in [5.41, 5.74) is 3.85. The molecule has 0 bridgehead atoms. The average Bonchev–Trinajstić information content (AvgIpc) is 2.74. The molecule has 0 fully saturated rings. The summed E-state index contributed by atoms with van der Waals surface area (Å²) in [7, 11) is 0. The number of carbonyl (C=O) groups is 2. The van der Waals surface area contributed by atoms with Crippen LogP contribution in [-0.4, -0.2) is 35.9 Å². The second-order valence-electron chi connectivity index (χ2n) is 8.07. The Bertz CT molecular complexity index is 962. The Hall–Kier alpha value is -2.24. The van der Waals surface area contributed by atoms with E-state index in [-0.39, 0.29) is 25.0 Å². The van der Waals surface area contributed by atoms with Gasteiger partial charge in [-0.05, 0) is 74.6 Å². The molecule has 0 aliphatic carbocycles. The van der Waals surface area contributed by atoms with Crippen LogP contribution < -0.4 is 10.1 Å². The lowest BCUT2D eigenvalue weighted by atomic mass is 10.1. The number of nitrogens with zero attached hydrogens (tertiary/aromatic N) is 1. The maximum atomic E-state index is 13.2. The Morgan fingerprint density at radius 2 is 1.84 bits per heavy atom. The van der Waals surface area contributed by atoms with Crippen molar-refractivity contribution in [3.63, 3.8) is 0 Å². The first kappa shape index (κ1) is 26.0. The van der Waals surface area contributed by atoms with Crippen LogP contribution in [0.2, 0.25) is 10.0 Å². The molecule has 1 N–H and O–H groups in total. The molecule has 0 saturated heterocycles. The third kappa shape index (κ3) is 7.14. The van der Waals surface area contributed by atoms with E-state index in [1.807, 2.05) is 26.8 Å². The number of halogens is 2. The van der Waals surface area contributed by atoms with Gasteiger partial charge in [0.15, 0.2) is 6.61 Å². The molecule has 0 aliphatic heterocycles. The summed E-state index contributed by atoms with van der Waals surface area (Å²) in [6, 6.07) is 8.41. The van der Waals surface area contributed by atoms with Crippen molar-refractivity contribution in [2.24, 2.45) is 0 Å². The number of ether oxygens (including phenoxy) is 1. The molecule has 2 amide bonds. The van der Waals surface area contributed by atoms with Crippen LogP contribution in [0.5, 0.6) is 5.75 Å². The van der Waals surface area contributed by atoms with Crippen molar-refractivity contribution in [1.82, 2.24) is 10.2 Å². The van der Waals surface area contributed by atoms with Gasteiger partial charge in [-0.15, -0.1) is 0 Å². The van der Waals surface area contributed by atoms with Crippen molar-refractivity contribution in [2.45, 2.75) is 60.0 Å². The zero-order valence-electron chi connectivity index (χ0n) is 19.4. The molecule has 2 rings (SSSR count). The molecule has 2 aromatic rings. The molecular weight excluding hydrogens is 447 g/mol. The van der Waals surface area contributed by atoms with Gasteiger partial charge in [-0.1, -0.05) is 48.7 Å². The second-order valence-corrected chi connectivity index (χ2v) is 8.92. The van der Waals surface area contributed by atoms with Gasteiger partial charge in [0.25, 0.3) is 5.91 Å². The van der Waals surface area contributed by atoms with Gasteiger partial charge in [-0.2, -0.15) is 0 Å². The number of unbranched alkanes of at least 4 members (excludes halogenated alkanes) is 1. The minimum atomic E-state index is -0.685. The van der Waals surface area contributed by atoms with Crippen molar-refractivity contribution < 1.29 is 14.3 Å². The fourth-order valence-electron chi connectivity index (χ4n) is 3.33. The summed E-state index contributed by atoms with van der Waals surface area (Å²) >= 11 is 12.3. The zero-order valence-corrected chi connectivity index (χ0v) is 20.9. The first-order chi connectivity index (χ1) is 15.1. The number of carbonyl (C=O) groups excluding carboxylic acids is 2. The SMILES string of the molecule is CCCCNC(=O)[C@@H](C)N(Cc1ccc(Cl)cc1Cl)C(=O)COc1cc(C)cc(C)c1C. The molecule has 0 heterocycles. The van der Waals surface area contributed by atoms with Crippen molar-refractivity contribution in [2.75, 3.05) is 13.2 Å². The topological polar surface area (TPSA) is 58.6 Å². The van der Waals surface area contributed by atoms with Gasteiger partial charge in [-0.25, -0.2) is 0 Å². The Balaban J connectivity index is 2.22. The van der Waals surface area contributed by atoms with Gasteiger partial charge in [0.1, 0.15) is 11.8 Å². The molecule has 0 aromatic heterocycles. The van der Waals surface area contributed by atoms with Crippen LogP contribution in [-0.2, 0) is 16.1 Å². The van der Waals surface area contributed by atoms with E-state index in [0.29, 0.717) is 27.9 Å². The number of nitrogens with one attached hydrogen (secondary N) is 1. The molecule has 0 unspecified atom stereocenters. The maximum absolute atomic E-state index is 13.2. The van der Waals surface area contributed by atoms with Crippen LogP contribution in [0.15, 0.2) is 30.3 Å². The Morgan fingerprint density at radius 1 is 1.12 bits per heavy atom. The van der Waals surface area contributed by atoms with Crippen LogP contribution in [0.25, 0.3) is 0 Å². The first-order valence-electron chi connectivity index (χ1n) is 10.9. The van der Waals surface area contributed by atoms with E-state index in [4.69, 9.17) is 27.9 Å².